The predicted octanol–water partition coefficient (Wildman–Crippen LogP) is 7.82. The van der Waals surface area contributed by atoms with Crippen molar-refractivity contribution in [1.29, 1.82) is 0 Å². The number of allylic oxidation sites excluding steroid dienone is 1. The molecule has 0 saturated heterocycles. The molecule has 8 rings (SSSR count). The fraction of sp³-hybridized carbons (Fsp3) is 0.327. The lowest BCUT2D eigenvalue weighted by Gasteiger charge is -2.33. The summed E-state index contributed by atoms with van der Waals surface area (Å²) in [6.07, 6.45) is 7.36. The van der Waals surface area contributed by atoms with E-state index in [4.69, 9.17) is 9.47 Å². The molecule has 2 aliphatic rings. The van der Waals surface area contributed by atoms with Gasteiger partial charge in [0.1, 0.15) is 18.3 Å². The number of aromatic nitrogens is 1. The van der Waals surface area contributed by atoms with Crippen molar-refractivity contribution in [1.82, 2.24) is 15.6 Å². The van der Waals surface area contributed by atoms with Gasteiger partial charge in [-0.05, 0) is 102 Å². The monoisotopic (exact) mass is 914 g/mol. The normalized spacial score (nSPS) is 20.8. The van der Waals surface area contributed by atoms with Crippen molar-refractivity contribution in [2.75, 3.05) is 33.2 Å². The molecule has 340 valence electrons. The number of aliphatic hydroxyl groups is 2. The number of phenolic OH excluding ortho intramolecular Hbond substituents is 3. The Morgan fingerprint density at radius 3 is 2.60 bits per heavy atom. The summed E-state index contributed by atoms with van der Waals surface area (Å²) in [7, 11) is 6.36. The number of fused-ring (bicyclic) bond motifs is 1. The highest BCUT2D eigenvalue weighted by Crippen LogP contribution is 2.52. The van der Waals surface area contributed by atoms with E-state index < -0.39 is 28.3 Å². The molecular formula is C52H56N3O8S2-. The van der Waals surface area contributed by atoms with Gasteiger partial charge in [0.2, 0.25) is 0 Å². The van der Waals surface area contributed by atoms with Gasteiger partial charge in [-0.15, -0.1) is 0 Å². The molecule has 13 heteroatoms. The SMILES string of the molecule is CNCc1cc(O)cc([C@]2(C(=O)C[C@@H](O)[C@H](Cc3cc[n-]c3)Cc3ccc(O)c(OC)c3Cc3cccc4ccccc34)C=C[C@@H]3SSC[C@](C)(O)CNCOc4c(O)ccc(c43)C2)c1. The third-order valence-electron chi connectivity index (χ3n) is 12.6. The summed E-state index contributed by atoms with van der Waals surface area (Å²) in [4.78, 5) is 20.0. The number of aliphatic hydroxyl groups excluding tert-OH is 1. The second-order valence-electron chi connectivity index (χ2n) is 17.5. The molecule has 2 heterocycles. The molecule has 0 unspecified atom stereocenters. The van der Waals surface area contributed by atoms with Crippen molar-refractivity contribution in [3.05, 3.63) is 160 Å². The fourth-order valence-electron chi connectivity index (χ4n) is 9.37. The van der Waals surface area contributed by atoms with E-state index in [-0.39, 0.29) is 42.6 Å². The lowest BCUT2D eigenvalue weighted by molar-refractivity contribution is -0.125. The van der Waals surface area contributed by atoms with E-state index in [0.717, 1.165) is 49.7 Å². The van der Waals surface area contributed by atoms with Crippen molar-refractivity contribution < 1.29 is 39.8 Å². The Morgan fingerprint density at radius 2 is 1.80 bits per heavy atom. The Hall–Kier alpha value is -5.41. The number of nitrogens with one attached hydrogen (secondary N) is 2. The minimum Gasteiger partial charge on any atom is -0.670 e. The molecule has 0 spiro atoms. The number of carbonyl (C=O) groups excluding carboxylic acids is 1. The number of phenols is 3. The van der Waals surface area contributed by atoms with Gasteiger partial charge in [-0.2, -0.15) is 12.4 Å². The number of benzene rings is 5. The van der Waals surface area contributed by atoms with E-state index in [1.54, 1.807) is 50.7 Å². The van der Waals surface area contributed by atoms with Gasteiger partial charge in [0.25, 0.3) is 0 Å². The number of ketones is 1. The lowest BCUT2D eigenvalue weighted by Crippen LogP contribution is -2.41. The van der Waals surface area contributed by atoms with E-state index >= 15 is 4.79 Å². The van der Waals surface area contributed by atoms with Crippen molar-refractivity contribution in [3.8, 4) is 28.7 Å². The molecule has 11 nitrogen and oxygen atoms in total. The summed E-state index contributed by atoms with van der Waals surface area (Å²) < 4.78 is 12.1. The van der Waals surface area contributed by atoms with Crippen LogP contribution in [0.2, 0.25) is 0 Å². The molecular weight excluding hydrogens is 859 g/mol. The van der Waals surface area contributed by atoms with E-state index in [1.165, 1.54) is 21.6 Å². The first-order valence-corrected chi connectivity index (χ1v) is 24.2. The smallest absolute Gasteiger partial charge is 0.167 e. The van der Waals surface area contributed by atoms with Crippen molar-refractivity contribution >= 4 is 38.1 Å². The highest BCUT2D eigenvalue weighted by Gasteiger charge is 2.43. The van der Waals surface area contributed by atoms with Gasteiger partial charge in [0, 0.05) is 42.8 Å². The summed E-state index contributed by atoms with van der Waals surface area (Å²) in [6.45, 7) is 2.53. The Morgan fingerprint density at radius 1 is 0.985 bits per heavy atom. The summed E-state index contributed by atoms with van der Waals surface area (Å²) in [5, 5.41) is 65.3. The third-order valence-corrected chi connectivity index (χ3v) is 15.5. The number of aromatic hydroxyl groups is 3. The zero-order valence-corrected chi connectivity index (χ0v) is 38.4. The van der Waals surface area contributed by atoms with Crippen molar-refractivity contribution in [2.45, 2.75) is 67.9 Å². The number of rotatable bonds is 14. The second kappa shape index (κ2) is 20.0. The highest BCUT2D eigenvalue weighted by atomic mass is 33.1. The molecule has 1 aliphatic heterocycles. The molecule has 5 aromatic carbocycles. The van der Waals surface area contributed by atoms with Gasteiger partial charge in [-0.3, -0.25) is 10.1 Å². The van der Waals surface area contributed by atoms with Crippen LogP contribution in [0, 0.1) is 5.92 Å². The van der Waals surface area contributed by atoms with E-state index in [2.05, 4.69) is 39.9 Å². The second-order valence-corrected chi connectivity index (χ2v) is 20.0. The van der Waals surface area contributed by atoms with Crippen LogP contribution in [-0.4, -0.2) is 76.2 Å². The average molecular weight is 915 g/mol. The number of hydrogen-bond donors (Lipinski definition) is 7. The lowest BCUT2D eigenvalue weighted by atomic mass is 9.69. The Balaban J connectivity index is 1.20. The number of hydrogen-bond acceptors (Lipinski definition) is 12. The Labute approximate surface area is 387 Å². The summed E-state index contributed by atoms with van der Waals surface area (Å²) >= 11 is 0. The van der Waals surface area contributed by atoms with Crippen LogP contribution in [0.4, 0.5) is 0 Å². The first-order valence-electron chi connectivity index (χ1n) is 21.9. The van der Waals surface area contributed by atoms with Gasteiger partial charge in [0.05, 0.1) is 29.5 Å². The molecule has 0 radical (unpaired) electrons. The Kier molecular flexibility index (Phi) is 14.2. The number of Topliss-reactive ketones (excluding diaryl/α,β-unsaturated/α-hetero) is 1. The Bertz CT molecular complexity index is 2660. The maximum atomic E-state index is 15.6. The molecule has 0 bridgehead atoms. The maximum absolute atomic E-state index is 15.6. The van der Waals surface area contributed by atoms with Gasteiger partial charge < -0.3 is 45.3 Å². The van der Waals surface area contributed by atoms with Crippen molar-refractivity contribution in [2.24, 2.45) is 5.92 Å². The first-order chi connectivity index (χ1) is 31.4. The molecule has 7 N–H and O–H groups in total. The topological polar surface area (TPSA) is 175 Å². The van der Waals surface area contributed by atoms with E-state index in [9.17, 15) is 25.5 Å². The summed E-state index contributed by atoms with van der Waals surface area (Å²) in [6, 6.07) is 28.4. The molecule has 5 atom stereocenters. The van der Waals surface area contributed by atoms with Crippen LogP contribution in [-0.2, 0) is 42.4 Å². The van der Waals surface area contributed by atoms with Crippen LogP contribution < -0.4 is 25.1 Å². The van der Waals surface area contributed by atoms with Crippen LogP contribution in [0.25, 0.3) is 10.8 Å². The van der Waals surface area contributed by atoms with Gasteiger partial charge in [-0.1, -0.05) is 106 Å². The molecule has 1 aliphatic carbocycles. The van der Waals surface area contributed by atoms with Gasteiger partial charge in [0.15, 0.2) is 23.0 Å². The van der Waals surface area contributed by atoms with Crippen LogP contribution in [0.1, 0.15) is 63.1 Å². The minimum absolute atomic E-state index is 0.00610. The number of ether oxygens (including phenoxy) is 2. The quantitative estimate of drug-likeness (QED) is 0.0417. The van der Waals surface area contributed by atoms with Crippen LogP contribution >= 0.6 is 21.6 Å². The molecule has 0 fully saturated rings. The number of methoxy groups -OCH3 is 1. The van der Waals surface area contributed by atoms with E-state index in [0.29, 0.717) is 55.2 Å². The summed E-state index contributed by atoms with van der Waals surface area (Å²) in [5.74, 6) is 0.313. The molecule has 1 aromatic heterocycles. The minimum atomic E-state index is -1.38. The van der Waals surface area contributed by atoms with Crippen LogP contribution in [0.3, 0.4) is 0 Å². The number of carbonyl (C=O) groups is 1. The summed E-state index contributed by atoms with van der Waals surface area (Å²) in [5.41, 5.74) is 4.06. The fourth-order valence-corrected chi connectivity index (χ4v) is 12.3. The molecule has 65 heavy (non-hydrogen) atoms. The zero-order chi connectivity index (χ0) is 45.7. The molecule has 0 saturated carbocycles. The van der Waals surface area contributed by atoms with Crippen molar-refractivity contribution in [3.63, 3.8) is 0 Å². The molecule has 6 aromatic rings. The van der Waals surface area contributed by atoms with E-state index in [1.807, 2.05) is 61.7 Å². The third kappa shape index (κ3) is 10.2. The van der Waals surface area contributed by atoms with Gasteiger partial charge >= 0.3 is 0 Å². The molecule has 0 amide bonds. The zero-order valence-electron chi connectivity index (χ0n) is 36.8. The van der Waals surface area contributed by atoms with Gasteiger partial charge in [-0.25, -0.2) is 0 Å². The average Bonchev–Trinajstić information content (AvgIpc) is 3.73. The highest BCUT2D eigenvalue weighted by molar-refractivity contribution is 8.76. The van der Waals surface area contributed by atoms with Crippen LogP contribution in [0.15, 0.2) is 116 Å². The number of β-amino-alcohol motifs (C(OH)–C–C–N with tert-alkyl or cyclic N) is 1. The maximum Gasteiger partial charge on any atom is 0.167 e. The number of nitrogens with zero attached hydrogens (tertiary/aromatic N) is 1. The standard InChI is InChI=1S/C52H56N3O8S2/c1-51(61)29-55-31-63-50-44(58)14-12-37-26-52(17-15-46(48(37)50)65-64-30-51,39-20-33(27-53-2)21-40(56)24-39)47(60)25-45(59)38(19-32-16-18-54-28-32)22-36-11-13-43(57)49(62-3)42(36)23-35-9-6-8-34-7-4-5-10-41(34)35/h4-18,20-21,24,28,38,45-46,53,55-59,61H,19,22-23,25-27,29-31H2,1-3H3/q-1/t38-,45-,46+,51-,52+/m1/s1. The predicted molar refractivity (Wildman–Crippen MR) is 258 cm³/mol. The first kappa shape index (κ1) is 46.1. The van der Waals surface area contributed by atoms with Crippen LogP contribution in [0.5, 0.6) is 28.7 Å². The largest absolute Gasteiger partial charge is 0.670 e.